The number of ether oxygens (including phenoxy) is 1. The van der Waals surface area contributed by atoms with Gasteiger partial charge in [0.25, 0.3) is 5.92 Å². The molecule has 0 spiro atoms. The van der Waals surface area contributed by atoms with E-state index in [4.69, 9.17) is 9.84 Å². The first-order chi connectivity index (χ1) is 8.48. The second kappa shape index (κ2) is 3.64. The SMILES string of the molecule is CC(C)(C)OC(=O)N1C(=O)[C@H]2[C@@H]([C@H]1C(=O)O)C2(F)F. The Morgan fingerprint density at radius 1 is 1.37 bits per heavy atom. The first-order valence-electron chi connectivity index (χ1n) is 5.65. The van der Waals surface area contributed by atoms with Crippen LogP contribution in [0.3, 0.4) is 0 Å². The highest BCUT2D eigenvalue weighted by Crippen LogP contribution is 2.63. The molecule has 2 fully saturated rings. The zero-order chi connectivity index (χ0) is 14.7. The molecule has 2 rings (SSSR count). The highest BCUT2D eigenvalue weighted by atomic mass is 19.3. The van der Waals surface area contributed by atoms with Gasteiger partial charge in [-0.2, -0.15) is 0 Å². The summed E-state index contributed by atoms with van der Waals surface area (Å²) < 4.78 is 31.3. The lowest BCUT2D eigenvalue weighted by molar-refractivity contribution is -0.151. The van der Waals surface area contributed by atoms with Gasteiger partial charge in [0.05, 0.1) is 5.92 Å². The number of carbonyl (C=O) groups excluding carboxylic acids is 2. The summed E-state index contributed by atoms with van der Waals surface area (Å²) >= 11 is 0. The van der Waals surface area contributed by atoms with Crippen molar-refractivity contribution in [3.8, 4) is 0 Å². The molecule has 2 aliphatic rings. The summed E-state index contributed by atoms with van der Waals surface area (Å²) in [7, 11) is 0. The van der Waals surface area contributed by atoms with E-state index in [0.717, 1.165) is 0 Å². The summed E-state index contributed by atoms with van der Waals surface area (Å²) in [4.78, 5) is 34.7. The molecule has 1 aliphatic heterocycles. The summed E-state index contributed by atoms with van der Waals surface area (Å²) in [6.45, 7) is 4.57. The van der Waals surface area contributed by atoms with Crippen molar-refractivity contribution in [3.05, 3.63) is 0 Å². The lowest BCUT2D eigenvalue weighted by Crippen LogP contribution is -2.50. The van der Waals surface area contributed by atoms with E-state index in [1.807, 2.05) is 0 Å². The Morgan fingerprint density at radius 3 is 2.32 bits per heavy atom. The smallest absolute Gasteiger partial charge is 0.417 e. The van der Waals surface area contributed by atoms with Crippen LogP contribution in [-0.4, -0.2) is 45.5 Å². The minimum atomic E-state index is -3.35. The maximum absolute atomic E-state index is 13.2. The molecular formula is C11H13F2NO5. The molecule has 1 aliphatic carbocycles. The molecule has 6 nitrogen and oxygen atoms in total. The molecule has 19 heavy (non-hydrogen) atoms. The van der Waals surface area contributed by atoms with E-state index in [2.05, 4.69) is 0 Å². The van der Waals surface area contributed by atoms with Gasteiger partial charge in [-0.3, -0.25) is 4.79 Å². The normalized spacial score (nSPS) is 31.9. The third kappa shape index (κ3) is 1.95. The molecular weight excluding hydrogens is 264 g/mol. The summed E-state index contributed by atoms with van der Waals surface area (Å²) in [6.07, 6.45) is -1.20. The van der Waals surface area contributed by atoms with Crippen LogP contribution in [0, 0.1) is 11.8 Å². The van der Waals surface area contributed by atoms with Gasteiger partial charge in [-0.05, 0) is 20.8 Å². The van der Waals surface area contributed by atoms with Crippen LogP contribution in [0.2, 0.25) is 0 Å². The van der Waals surface area contributed by atoms with Crippen LogP contribution in [0.25, 0.3) is 0 Å². The molecule has 0 radical (unpaired) electrons. The Labute approximate surface area is 107 Å². The average Bonchev–Trinajstić information content (AvgIpc) is 2.59. The Morgan fingerprint density at radius 2 is 1.89 bits per heavy atom. The number of aliphatic carboxylic acids is 1. The van der Waals surface area contributed by atoms with Crippen LogP contribution in [-0.2, 0) is 14.3 Å². The fourth-order valence-electron chi connectivity index (χ4n) is 2.29. The van der Waals surface area contributed by atoms with Crippen LogP contribution < -0.4 is 0 Å². The van der Waals surface area contributed by atoms with Crippen molar-refractivity contribution in [2.24, 2.45) is 11.8 Å². The Kier molecular flexibility index (Phi) is 2.63. The summed E-state index contributed by atoms with van der Waals surface area (Å²) in [5.74, 6) is -9.54. The topological polar surface area (TPSA) is 83.9 Å². The number of imide groups is 1. The van der Waals surface area contributed by atoms with Crippen LogP contribution in [0.15, 0.2) is 0 Å². The number of piperidine rings is 1. The predicted molar refractivity (Wildman–Crippen MR) is 56.4 cm³/mol. The van der Waals surface area contributed by atoms with Crippen molar-refractivity contribution in [1.29, 1.82) is 0 Å². The van der Waals surface area contributed by atoms with Crippen molar-refractivity contribution in [1.82, 2.24) is 4.90 Å². The Balaban J connectivity index is 2.25. The fourth-order valence-corrected chi connectivity index (χ4v) is 2.29. The largest absolute Gasteiger partial charge is 0.480 e. The lowest BCUT2D eigenvalue weighted by Gasteiger charge is -2.27. The van der Waals surface area contributed by atoms with Crippen LogP contribution in [0.5, 0.6) is 0 Å². The van der Waals surface area contributed by atoms with Crippen molar-refractivity contribution in [2.75, 3.05) is 0 Å². The fraction of sp³-hybridized carbons (Fsp3) is 0.727. The summed E-state index contributed by atoms with van der Waals surface area (Å²) in [5, 5.41) is 8.94. The number of halogens is 2. The second-order valence-electron chi connectivity index (χ2n) is 5.65. The molecule has 106 valence electrons. The van der Waals surface area contributed by atoms with Gasteiger partial charge < -0.3 is 9.84 Å². The Hall–Kier alpha value is -1.73. The van der Waals surface area contributed by atoms with Crippen LogP contribution >= 0.6 is 0 Å². The number of hydrogen-bond donors (Lipinski definition) is 1. The molecule has 1 heterocycles. The zero-order valence-electron chi connectivity index (χ0n) is 10.5. The van der Waals surface area contributed by atoms with E-state index < -0.39 is 47.4 Å². The van der Waals surface area contributed by atoms with Gasteiger partial charge in [-0.25, -0.2) is 23.3 Å². The summed E-state index contributed by atoms with van der Waals surface area (Å²) in [6, 6.07) is -1.86. The summed E-state index contributed by atoms with van der Waals surface area (Å²) in [5.41, 5.74) is -0.949. The number of carboxylic acid groups (broad SMARTS) is 1. The van der Waals surface area contributed by atoms with Crippen molar-refractivity contribution in [3.63, 3.8) is 0 Å². The highest BCUT2D eigenvalue weighted by molar-refractivity contribution is 6.04. The van der Waals surface area contributed by atoms with Crippen molar-refractivity contribution < 1.29 is 33.0 Å². The number of carboxylic acids is 1. The minimum absolute atomic E-state index is 0.292. The number of fused-ring (bicyclic) bond motifs is 1. The zero-order valence-corrected chi connectivity index (χ0v) is 10.5. The molecule has 0 aromatic carbocycles. The number of nitrogens with zero attached hydrogens (tertiary/aromatic N) is 1. The van der Waals surface area contributed by atoms with E-state index in [1.54, 1.807) is 0 Å². The van der Waals surface area contributed by atoms with E-state index in [-0.39, 0.29) is 0 Å². The number of likely N-dealkylation sites (tertiary alicyclic amines) is 1. The lowest BCUT2D eigenvalue weighted by atomic mass is 10.2. The molecule has 3 atom stereocenters. The van der Waals surface area contributed by atoms with Crippen molar-refractivity contribution in [2.45, 2.75) is 38.3 Å². The molecule has 0 unspecified atom stereocenters. The molecule has 2 amide bonds. The van der Waals surface area contributed by atoms with Crippen LogP contribution in [0.1, 0.15) is 20.8 Å². The molecule has 1 saturated heterocycles. The molecule has 1 N–H and O–H groups in total. The van der Waals surface area contributed by atoms with Gasteiger partial charge in [0.15, 0.2) is 0 Å². The maximum atomic E-state index is 13.2. The van der Waals surface area contributed by atoms with E-state index in [1.165, 1.54) is 20.8 Å². The molecule has 1 saturated carbocycles. The van der Waals surface area contributed by atoms with Gasteiger partial charge in [-0.1, -0.05) is 0 Å². The van der Waals surface area contributed by atoms with Crippen LogP contribution in [0.4, 0.5) is 13.6 Å². The number of rotatable bonds is 1. The van der Waals surface area contributed by atoms with Gasteiger partial charge >= 0.3 is 12.1 Å². The number of amides is 2. The van der Waals surface area contributed by atoms with Crippen molar-refractivity contribution >= 4 is 18.0 Å². The molecule has 0 aromatic rings. The number of alkyl halides is 2. The quantitative estimate of drug-likeness (QED) is 0.775. The predicted octanol–water partition coefficient (Wildman–Crippen LogP) is 1.10. The van der Waals surface area contributed by atoms with Gasteiger partial charge in [-0.15, -0.1) is 0 Å². The van der Waals surface area contributed by atoms with Gasteiger partial charge in [0.2, 0.25) is 5.91 Å². The first-order valence-corrected chi connectivity index (χ1v) is 5.65. The standard InChI is InChI=1S/C11H13F2NO5/c1-10(2,3)19-9(18)14-6(8(16)17)4-5(7(14)15)11(4,12)13/h4-6H,1-3H3,(H,16,17)/t4-,5+,6-/m0/s1. The highest BCUT2D eigenvalue weighted by Gasteiger charge is 2.83. The molecule has 0 bridgehead atoms. The monoisotopic (exact) mass is 277 g/mol. The third-order valence-corrected chi connectivity index (χ3v) is 3.07. The second-order valence-corrected chi connectivity index (χ2v) is 5.65. The van der Waals surface area contributed by atoms with Gasteiger partial charge in [0, 0.05) is 0 Å². The minimum Gasteiger partial charge on any atom is -0.480 e. The first kappa shape index (κ1) is 13.7. The third-order valence-electron chi connectivity index (χ3n) is 3.07. The molecule has 0 aromatic heterocycles. The number of carbonyl (C=O) groups is 3. The van der Waals surface area contributed by atoms with E-state index >= 15 is 0 Å². The number of hydrogen-bond acceptors (Lipinski definition) is 4. The molecule has 8 heteroatoms. The van der Waals surface area contributed by atoms with Gasteiger partial charge in [0.1, 0.15) is 17.6 Å². The average molecular weight is 277 g/mol. The van der Waals surface area contributed by atoms with E-state index in [0.29, 0.717) is 4.90 Å². The van der Waals surface area contributed by atoms with E-state index in [9.17, 15) is 23.2 Å². The Bertz CT molecular complexity index is 470. The maximum Gasteiger partial charge on any atom is 0.417 e.